The maximum Gasteiger partial charge on any atom is 0.416 e. The lowest BCUT2D eigenvalue weighted by Crippen LogP contribution is -2.59. The van der Waals surface area contributed by atoms with Crippen LogP contribution in [0, 0.1) is 5.92 Å². The molecule has 3 atom stereocenters. The van der Waals surface area contributed by atoms with Gasteiger partial charge in [-0.25, -0.2) is 0 Å². The van der Waals surface area contributed by atoms with Crippen LogP contribution in [-0.2, 0) is 33.4 Å². The molecule has 0 fully saturated rings. The van der Waals surface area contributed by atoms with E-state index < -0.39 is 41.7 Å². The highest BCUT2D eigenvalue weighted by atomic mass is 19.4. The lowest BCUT2D eigenvalue weighted by atomic mass is 9.99. The van der Waals surface area contributed by atoms with Crippen LogP contribution in [0.5, 0.6) is 5.75 Å². The lowest BCUT2D eigenvalue weighted by molar-refractivity contribution is -0.137. The van der Waals surface area contributed by atoms with Crippen molar-refractivity contribution in [2.24, 2.45) is 5.92 Å². The van der Waals surface area contributed by atoms with E-state index in [2.05, 4.69) is 21.3 Å². The molecule has 0 unspecified atom stereocenters. The summed E-state index contributed by atoms with van der Waals surface area (Å²) in [5.74, 6) is -1.09. The fourth-order valence-electron chi connectivity index (χ4n) is 4.84. The number of halogens is 3. The molecule has 3 amide bonds. The number of alkyl halides is 3. The minimum absolute atomic E-state index is 0.0512. The Morgan fingerprint density at radius 3 is 2.37 bits per heavy atom. The SMILES string of the molecule is CC(C)[C@H]1NC(=O)[C@@H](Cc2cccc(C(F)(F)F)c2)NCCOc2ccccc2CCCNC(=O)[C@H](CN(C)C)NC1=O. The number of hydrogen-bond donors (Lipinski definition) is 4. The highest BCUT2D eigenvalue weighted by Gasteiger charge is 2.33. The Labute approximate surface area is 250 Å². The number of rotatable bonds is 5. The van der Waals surface area contributed by atoms with Crippen LogP contribution in [0.25, 0.3) is 0 Å². The van der Waals surface area contributed by atoms with Gasteiger partial charge in [-0.05, 0) is 62.5 Å². The predicted octanol–water partition coefficient (Wildman–Crippen LogP) is 2.53. The first-order valence-electron chi connectivity index (χ1n) is 14.5. The Bertz CT molecular complexity index is 1240. The van der Waals surface area contributed by atoms with Crippen molar-refractivity contribution >= 4 is 17.7 Å². The van der Waals surface area contributed by atoms with Gasteiger partial charge in [0.25, 0.3) is 0 Å². The monoisotopic (exact) mass is 605 g/mol. The second-order valence-corrected chi connectivity index (χ2v) is 11.3. The van der Waals surface area contributed by atoms with E-state index in [4.69, 9.17) is 4.74 Å². The van der Waals surface area contributed by atoms with Crippen LogP contribution in [0.3, 0.4) is 0 Å². The number of carbonyl (C=O) groups is 3. The highest BCUT2D eigenvalue weighted by Crippen LogP contribution is 2.29. The van der Waals surface area contributed by atoms with Crippen LogP contribution in [0.1, 0.15) is 37.0 Å². The molecule has 0 spiro atoms. The smallest absolute Gasteiger partial charge is 0.416 e. The van der Waals surface area contributed by atoms with Crippen molar-refractivity contribution in [1.82, 2.24) is 26.2 Å². The maximum atomic E-state index is 13.6. The summed E-state index contributed by atoms with van der Waals surface area (Å²) in [5.41, 5.74) is 0.452. The average molecular weight is 606 g/mol. The van der Waals surface area contributed by atoms with Crippen molar-refractivity contribution in [3.8, 4) is 5.75 Å². The van der Waals surface area contributed by atoms with Crippen LogP contribution < -0.4 is 26.0 Å². The molecule has 236 valence electrons. The summed E-state index contributed by atoms with van der Waals surface area (Å²) in [4.78, 5) is 41.8. The number of hydrogen-bond acceptors (Lipinski definition) is 6. The first-order chi connectivity index (χ1) is 20.3. The summed E-state index contributed by atoms with van der Waals surface area (Å²) in [6.45, 7) is 4.59. The largest absolute Gasteiger partial charge is 0.492 e. The summed E-state index contributed by atoms with van der Waals surface area (Å²) < 4.78 is 46.1. The number of benzene rings is 2. The van der Waals surface area contributed by atoms with Gasteiger partial charge in [-0.3, -0.25) is 14.4 Å². The van der Waals surface area contributed by atoms with Crippen LogP contribution in [0.4, 0.5) is 13.2 Å². The van der Waals surface area contributed by atoms with E-state index in [1.54, 1.807) is 32.8 Å². The molecule has 0 aliphatic carbocycles. The van der Waals surface area contributed by atoms with Gasteiger partial charge in [0.1, 0.15) is 24.4 Å². The molecule has 2 aromatic carbocycles. The van der Waals surface area contributed by atoms with Crippen LogP contribution in [0.15, 0.2) is 48.5 Å². The van der Waals surface area contributed by atoms with Crippen molar-refractivity contribution < 1.29 is 32.3 Å². The van der Waals surface area contributed by atoms with Gasteiger partial charge < -0.3 is 30.9 Å². The highest BCUT2D eigenvalue weighted by molar-refractivity contribution is 5.93. The number of likely N-dealkylation sites (N-methyl/N-ethyl adjacent to an activating group) is 1. The maximum absolute atomic E-state index is 13.6. The summed E-state index contributed by atoms with van der Waals surface area (Å²) in [6.07, 6.45) is -3.28. The number of nitrogens with one attached hydrogen (secondary N) is 4. The number of amides is 3. The number of carbonyl (C=O) groups excluding carboxylic acids is 3. The number of fused-ring (bicyclic) bond motifs is 1. The minimum atomic E-state index is -4.53. The van der Waals surface area contributed by atoms with Gasteiger partial charge in [0.2, 0.25) is 17.7 Å². The summed E-state index contributed by atoms with van der Waals surface area (Å²) in [5, 5.41) is 11.6. The number of ether oxygens (including phenoxy) is 1. The number of para-hydroxylation sites is 1. The Hall–Kier alpha value is -3.64. The van der Waals surface area contributed by atoms with E-state index in [-0.39, 0.29) is 37.9 Å². The van der Waals surface area contributed by atoms with E-state index in [1.165, 1.54) is 12.1 Å². The molecule has 1 aliphatic heterocycles. The van der Waals surface area contributed by atoms with Crippen molar-refractivity contribution in [3.63, 3.8) is 0 Å². The second kappa shape index (κ2) is 15.7. The molecule has 0 radical (unpaired) electrons. The molecule has 43 heavy (non-hydrogen) atoms. The molecule has 1 aliphatic rings. The van der Waals surface area contributed by atoms with E-state index in [1.807, 2.05) is 24.3 Å². The first kappa shape index (κ1) is 33.9. The lowest BCUT2D eigenvalue weighted by Gasteiger charge is -2.28. The zero-order valence-electron chi connectivity index (χ0n) is 25.1. The van der Waals surface area contributed by atoms with Crippen molar-refractivity contribution in [3.05, 3.63) is 65.2 Å². The van der Waals surface area contributed by atoms with Gasteiger partial charge in [-0.2, -0.15) is 13.2 Å². The third kappa shape index (κ3) is 10.5. The third-order valence-corrected chi connectivity index (χ3v) is 7.08. The fraction of sp³-hybridized carbons (Fsp3) is 0.516. The van der Waals surface area contributed by atoms with E-state index in [0.717, 1.165) is 17.7 Å². The minimum Gasteiger partial charge on any atom is -0.492 e. The van der Waals surface area contributed by atoms with Crippen molar-refractivity contribution in [2.75, 3.05) is 40.3 Å². The number of aryl methyl sites for hydroxylation is 1. The zero-order valence-corrected chi connectivity index (χ0v) is 25.1. The molecule has 0 saturated heterocycles. The molecule has 4 N–H and O–H groups in total. The summed E-state index contributed by atoms with van der Waals surface area (Å²) in [6, 6.07) is 9.54. The molecule has 9 nitrogen and oxygen atoms in total. The Morgan fingerprint density at radius 1 is 0.930 bits per heavy atom. The average Bonchev–Trinajstić information content (AvgIpc) is 2.94. The number of nitrogens with zero attached hydrogens (tertiary/aromatic N) is 1. The van der Waals surface area contributed by atoms with Gasteiger partial charge in [-0.15, -0.1) is 0 Å². The molecular weight excluding hydrogens is 563 g/mol. The summed E-state index contributed by atoms with van der Waals surface area (Å²) >= 11 is 0. The topological polar surface area (TPSA) is 112 Å². The summed E-state index contributed by atoms with van der Waals surface area (Å²) in [7, 11) is 3.57. The van der Waals surface area contributed by atoms with Crippen molar-refractivity contribution in [1.29, 1.82) is 0 Å². The molecule has 2 aromatic rings. The second-order valence-electron chi connectivity index (χ2n) is 11.3. The molecule has 12 heteroatoms. The quantitative estimate of drug-likeness (QED) is 0.417. The fourth-order valence-corrected chi connectivity index (χ4v) is 4.84. The zero-order chi connectivity index (χ0) is 31.6. The van der Waals surface area contributed by atoms with E-state index in [9.17, 15) is 27.6 Å². The predicted molar refractivity (Wildman–Crippen MR) is 157 cm³/mol. The third-order valence-electron chi connectivity index (χ3n) is 7.08. The van der Waals surface area contributed by atoms with Crippen molar-refractivity contribution in [2.45, 2.75) is 57.4 Å². The van der Waals surface area contributed by atoms with Gasteiger partial charge in [-0.1, -0.05) is 50.2 Å². The van der Waals surface area contributed by atoms with Crippen LogP contribution >= 0.6 is 0 Å². The van der Waals surface area contributed by atoms with Gasteiger partial charge >= 0.3 is 6.18 Å². The Morgan fingerprint density at radius 2 is 1.67 bits per heavy atom. The van der Waals surface area contributed by atoms with Crippen LogP contribution in [0.2, 0.25) is 0 Å². The Balaban J connectivity index is 1.90. The van der Waals surface area contributed by atoms with Crippen LogP contribution in [-0.4, -0.2) is 81.1 Å². The molecule has 1 heterocycles. The standard InChI is InChI=1S/C31H42F3N5O4/c1-20(2)27-30(42)37-25(19-39(3)4)28(40)36-14-8-11-22-10-5-6-13-26(22)43-16-15-35-24(29(41)38-27)18-21-9-7-12-23(17-21)31(32,33)34/h5-7,9-10,12-13,17,20,24-25,27,35H,8,11,14-16,18-19H2,1-4H3,(H,36,40)(H,37,42)(H,38,41)/t24-,25+,27-/m1/s1. The Kier molecular flexibility index (Phi) is 12.4. The normalized spacial score (nSPS) is 21.6. The van der Waals surface area contributed by atoms with Gasteiger partial charge in [0, 0.05) is 19.6 Å². The molecular formula is C31H42F3N5O4. The van der Waals surface area contributed by atoms with E-state index in [0.29, 0.717) is 30.7 Å². The first-order valence-corrected chi connectivity index (χ1v) is 14.5. The molecule has 0 aromatic heterocycles. The molecule has 0 saturated carbocycles. The van der Waals surface area contributed by atoms with Gasteiger partial charge in [0.15, 0.2) is 0 Å². The molecule has 3 rings (SSSR count). The van der Waals surface area contributed by atoms with E-state index >= 15 is 0 Å². The molecule has 0 bridgehead atoms. The van der Waals surface area contributed by atoms with Gasteiger partial charge in [0.05, 0.1) is 11.6 Å².